The zero-order valence-corrected chi connectivity index (χ0v) is 11.6. The SMILES string of the molecule is CCC(CCO)CNC(=O)CCc1ccccc1N. The molecule has 1 aromatic carbocycles. The van der Waals surface area contributed by atoms with Crippen molar-refractivity contribution in [2.24, 2.45) is 5.92 Å². The van der Waals surface area contributed by atoms with Crippen LogP contribution in [-0.4, -0.2) is 24.2 Å². The highest BCUT2D eigenvalue weighted by Crippen LogP contribution is 2.12. The maximum absolute atomic E-state index is 11.7. The van der Waals surface area contributed by atoms with Crippen LogP contribution in [0.4, 0.5) is 5.69 Å². The summed E-state index contributed by atoms with van der Waals surface area (Å²) < 4.78 is 0. The van der Waals surface area contributed by atoms with Crippen molar-refractivity contribution in [3.63, 3.8) is 0 Å². The summed E-state index contributed by atoms with van der Waals surface area (Å²) in [6.07, 6.45) is 2.81. The van der Waals surface area contributed by atoms with Crippen LogP contribution < -0.4 is 11.1 Å². The van der Waals surface area contributed by atoms with Gasteiger partial charge >= 0.3 is 0 Å². The summed E-state index contributed by atoms with van der Waals surface area (Å²) in [6.45, 7) is 2.88. The van der Waals surface area contributed by atoms with Gasteiger partial charge in [-0.15, -0.1) is 0 Å². The second-order valence-electron chi connectivity index (χ2n) is 4.79. The number of carbonyl (C=O) groups is 1. The molecule has 0 aliphatic rings. The molecule has 0 spiro atoms. The predicted molar refractivity (Wildman–Crippen MR) is 77.7 cm³/mol. The monoisotopic (exact) mass is 264 g/mol. The number of aliphatic hydroxyl groups is 1. The molecule has 0 radical (unpaired) electrons. The number of carbonyl (C=O) groups excluding carboxylic acids is 1. The Bertz CT molecular complexity index is 393. The fraction of sp³-hybridized carbons (Fsp3) is 0.533. The van der Waals surface area contributed by atoms with Gasteiger partial charge < -0.3 is 16.2 Å². The molecule has 1 aromatic rings. The zero-order chi connectivity index (χ0) is 14.1. The van der Waals surface area contributed by atoms with Crippen LogP contribution in [0, 0.1) is 5.92 Å². The van der Waals surface area contributed by atoms with Crippen LogP contribution in [0.3, 0.4) is 0 Å². The number of amides is 1. The normalized spacial score (nSPS) is 12.1. The highest BCUT2D eigenvalue weighted by atomic mass is 16.3. The minimum atomic E-state index is 0.0413. The second kappa shape index (κ2) is 8.53. The Morgan fingerprint density at radius 3 is 2.79 bits per heavy atom. The molecule has 0 bridgehead atoms. The zero-order valence-electron chi connectivity index (χ0n) is 11.6. The maximum Gasteiger partial charge on any atom is 0.220 e. The van der Waals surface area contributed by atoms with Crippen molar-refractivity contribution in [2.75, 3.05) is 18.9 Å². The van der Waals surface area contributed by atoms with Gasteiger partial charge in [-0.25, -0.2) is 0 Å². The molecule has 0 aliphatic heterocycles. The number of hydrogen-bond donors (Lipinski definition) is 3. The number of aryl methyl sites for hydroxylation is 1. The molecule has 1 amide bonds. The third kappa shape index (κ3) is 5.75. The van der Waals surface area contributed by atoms with E-state index in [1.165, 1.54) is 0 Å². The molecule has 19 heavy (non-hydrogen) atoms. The Balaban J connectivity index is 2.30. The largest absolute Gasteiger partial charge is 0.399 e. The van der Waals surface area contributed by atoms with E-state index in [4.69, 9.17) is 10.8 Å². The van der Waals surface area contributed by atoms with Crippen LogP contribution in [0.1, 0.15) is 31.7 Å². The van der Waals surface area contributed by atoms with E-state index in [0.717, 1.165) is 24.1 Å². The molecule has 1 atom stereocenters. The van der Waals surface area contributed by atoms with E-state index in [9.17, 15) is 4.79 Å². The molecular weight excluding hydrogens is 240 g/mol. The third-order valence-corrected chi connectivity index (χ3v) is 3.38. The predicted octanol–water partition coefficient (Wildman–Crippen LogP) is 1.73. The lowest BCUT2D eigenvalue weighted by Gasteiger charge is -2.14. The molecule has 0 aromatic heterocycles. The first-order chi connectivity index (χ1) is 9.17. The van der Waals surface area contributed by atoms with Crippen molar-refractivity contribution in [1.82, 2.24) is 5.32 Å². The lowest BCUT2D eigenvalue weighted by atomic mass is 10.0. The molecule has 4 nitrogen and oxygen atoms in total. The Morgan fingerprint density at radius 2 is 2.16 bits per heavy atom. The van der Waals surface area contributed by atoms with Crippen LogP contribution >= 0.6 is 0 Å². The van der Waals surface area contributed by atoms with E-state index < -0.39 is 0 Å². The summed E-state index contributed by atoms with van der Waals surface area (Å²) in [5.74, 6) is 0.399. The van der Waals surface area contributed by atoms with Crippen LogP contribution in [0.2, 0.25) is 0 Å². The average Bonchev–Trinajstić information content (AvgIpc) is 2.42. The molecule has 4 N–H and O–H groups in total. The summed E-state index contributed by atoms with van der Waals surface area (Å²) in [5, 5.41) is 11.8. The first kappa shape index (κ1) is 15.5. The van der Waals surface area contributed by atoms with Crippen molar-refractivity contribution < 1.29 is 9.90 Å². The van der Waals surface area contributed by atoms with Gasteiger partial charge in [0, 0.05) is 25.3 Å². The highest BCUT2D eigenvalue weighted by Gasteiger charge is 2.08. The van der Waals surface area contributed by atoms with Gasteiger partial charge in [0.25, 0.3) is 0 Å². The minimum Gasteiger partial charge on any atom is -0.399 e. The fourth-order valence-corrected chi connectivity index (χ4v) is 1.99. The molecular formula is C15H24N2O2. The van der Waals surface area contributed by atoms with E-state index in [1.807, 2.05) is 24.3 Å². The Morgan fingerprint density at radius 1 is 1.42 bits per heavy atom. The second-order valence-corrected chi connectivity index (χ2v) is 4.79. The Hall–Kier alpha value is -1.55. The molecule has 0 saturated heterocycles. The lowest BCUT2D eigenvalue weighted by Crippen LogP contribution is -2.29. The van der Waals surface area contributed by atoms with Gasteiger partial charge in [0.1, 0.15) is 0 Å². The van der Waals surface area contributed by atoms with Crippen molar-refractivity contribution in [3.05, 3.63) is 29.8 Å². The smallest absolute Gasteiger partial charge is 0.220 e. The number of rotatable bonds is 8. The van der Waals surface area contributed by atoms with Crippen molar-refractivity contribution in [1.29, 1.82) is 0 Å². The number of nitrogens with two attached hydrogens (primary N) is 1. The summed E-state index contributed by atoms with van der Waals surface area (Å²) in [7, 11) is 0. The minimum absolute atomic E-state index is 0.0413. The molecule has 0 aliphatic carbocycles. The Labute approximate surface area is 115 Å². The number of aliphatic hydroxyl groups excluding tert-OH is 1. The lowest BCUT2D eigenvalue weighted by molar-refractivity contribution is -0.121. The average molecular weight is 264 g/mol. The van der Waals surface area contributed by atoms with Crippen LogP contribution in [0.25, 0.3) is 0 Å². The first-order valence-electron chi connectivity index (χ1n) is 6.88. The number of benzene rings is 1. The van der Waals surface area contributed by atoms with E-state index in [0.29, 0.717) is 25.3 Å². The third-order valence-electron chi connectivity index (χ3n) is 3.38. The number of nitrogen functional groups attached to an aromatic ring is 1. The molecule has 106 valence electrons. The first-order valence-corrected chi connectivity index (χ1v) is 6.88. The topological polar surface area (TPSA) is 75.3 Å². The molecule has 0 fully saturated rings. The highest BCUT2D eigenvalue weighted by molar-refractivity contribution is 5.76. The number of nitrogens with one attached hydrogen (secondary N) is 1. The van der Waals surface area contributed by atoms with E-state index in [2.05, 4.69) is 12.2 Å². The quantitative estimate of drug-likeness (QED) is 0.626. The van der Waals surface area contributed by atoms with Gasteiger partial charge in [0.15, 0.2) is 0 Å². The van der Waals surface area contributed by atoms with E-state index >= 15 is 0 Å². The van der Waals surface area contributed by atoms with Crippen LogP contribution in [0.15, 0.2) is 24.3 Å². The van der Waals surface area contributed by atoms with E-state index in [-0.39, 0.29) is 12.5 Å². The van der Waals surface area contributed by atoms with Crippen molar-refractivity contribution in [2.45, 2.75) is 32.6 Å². The standard InChI is InChI=1S/C15H24N2O2/c1-2-12(9-10-18)11-17-15(19)8-7-13-5-3-4-6-14(13)16/h3-6,12,18H,2,7-11,16H2,1H3,(H,17,19). The van der Waals surface area contributed by atoms with Gasteiger partial charge in [-0.3, -0.25) is 4.79 Å². The van der Waals surface area contributed by atoms with Gasteiger partial charge in [0.05, 0.1) is 0 Å². The van der Waals surface area contributed by atoms with Gasteiger partial charge in [-0.05, 0) is 30.4 Å². The fourth-order valence-electron chi connectivity index (χ4n) is 1.99. The summed E-state index contributed by atoms with van der Waals surface area (Å²) >= 11 is 0. The van der Waals surface area contributed by atoms with Gasteiger partial charge in [-0.2, -0.15) is 0 Å². The van der Waals surface area contributed by atoms with Crippen LogP contribution in [0.5, 0.6) is 0 Å². The maximum atomic E-state index is 11.7. The van der Waals surface area contributed by atoms with Crippen molar-refractivity contribution >= 4 is 11.6 Å². The number of para-hydroxylation sites is 1. The molecule has 0 heterocycles. The van der Waals surface area contributed by atoms with Crippen molar-refractivity contribution in [3.8, 4) is 0 Å². The number of anilines is 1. The molecule has 1 rings (SSSR count). The summed E-state index contributed by atoms with van der Waals surface area (Å²) in [4.78, 5) is 11.7. The summed E-state index contributed by atoms with van der Waals surface area (Å²) in [6, 6.07) is 7.61. The Kier molecular flexibility index (Phi) is 6.97. The summed E-state index contributed by atoms with van der Waals surface area (Å²) in [5.41, 5.74) is 7.58. The van der Waals surface area contributed by atoms with Gasteiger partial charge in [-0.1, -0.05) is 31.5 Å². The molecule has 1 unspecified atom stereocenters. The molecule has 4 heteroatoms. The number of hydrogen-bond acceptors (Lipinski definition) is 3. The molecule has 0 saturated carbocycles. The van der Waals surface area contributed by atoms with Crippen LogP contribution in [-0.2, 0) is 11.2 Å². The van der Waals surface area contributed by atoms with Gasteiger partial charge in [0.2, 0.25) is 5.91 Å². The van der Waals surface area contributed by atoms with E-state index in [1.54, 1.807) is 0 Å².